The van der Waals surface area contributed by atoms with Crippen LogP contribution in [0.3, 0.4) is 0 Å². The summed E-state index contributed by atoms with van der Waals surface area (Å²) in [5.74, 6) is 0.617. The zero-order valence-corrected chi connectivity index (χ0v) is 14.4. The molecule has 0 radical (unpaired) electrons. The molecule has 4 rings (SSSR count). The van der Waals surface area contributed by atoms with Gasteiger partial charge in [-0.3, -0.25) is 4.90 Å². The van der Waals surface area contributed by atoms with Gasteiger partial charge in [0.2, 0.25) is 5.88 Å². The van der Waals surface area contributed by atoms with Gasteiger partial charge in [0.05, 0.1) is 16.9 Å². The summed E-state index contributed by atoms with van der Waals surface area (Å²) in [5.41, 5.74) is 1.90. The number of fused-ring (bicyclic) bond motifs is 1. The maximum absolute atomic E-state index is 10.6. The van der Waals surface area contributed by atoms with Gasteiger partial charge in [0, 0.05) is 43.9 Å². The molecule has 0 bridgehead atoms. The second kappa shape index (κ2) is 6.31. The SMILES string of the molecule is CN1CCN(C2CCc3nn(-c4cc(Cl)cnn4)c(O)c3C2)CC1. The molecule has 2 aromatic rings. The van der Waals surface area contributed by atoms with E-state index in [-0.39, 0.29) is 5.88 Å². The van der Waals surface area contributed by atoms with Gasteiger partial charge in [-0.15, -0.1) is 5.10 Å². The van der Waals surface area contributed by atoms with E-state index >= 15 is 0 Å². The number of piperazine rings is 1. The van der Waals surface area contributed by atoms with Gasteiger partial charge >= 0.3 is 0 Å². The number of hydrogen-bond donors (Lipinski definition) is 1. The van der Waals surface area contributed by atoms with E-state index < -0.39 is 0 Å². The Balaban J connectivity index is 1.58. The molecule has 0 aromatic carbocycles. The van der Waals surface area contributed by atoms with Gasteiger partial charge in [0.15, 0.2) is 5.82 Å². The van der Waals surface area contributed by atoms with Crippen LogP contribution in [-0.4, -0.2) is 74.2 Å². The van der Waals surface area contributed by atoms with Gasteiger partial charge in [0.1, 0.15) is 0 Å². The topological polar surface area (TPSA) is 70.3 Å². The Labute approximate surface area is 145 Å². The summed E-state index contributed by atoms with van der Waals surface area (Å²) in [7, 11) is 2.16. The maximum atomic E-state index is 10.6. The molecule has 0 amide bonds. The monoisotopic (exact) mass is 348 g/mol. The number of aryl methyl sites for hydroxylation is 1. The first-order chi connectivity index (χ1) is 11.6. The van der Waals surface area contributed by atoms with E-state index in [0.29, 0.717) is 16.9 Å². The lowest BCUT2D eigenvalue weighted by Gasteiger charge is -2.39. The van der Waals surface area contributed by atoms with E-state index in [1.54, 1.807) is 6.07 Å². The van der Waals surface area contributed by atoms with Gasteiger partial charge in [-0.25, -0.2) is 0 Å². The summed E-state index contributed by atoms with van der Waals surface area (Å²) in [4.78, 5) is 4.90. The predicted molar refractivity (Wildman–Crippen MR) is 90.7 cm³/mol. The molecule has 3 heterocycles. The van der Waals surface area contributed by atoms with Crippen molar-refractivity contribution in [2.24, 2.45) is 0 Å². The number of aromatic hydroxyl groups is 1. The Hall–Kier alpha value is -1.70. The second-order valence-corrected chi connectivity index (χ2v) is 7.06. The van der Waals surface area contributed by atoms with Crippen molar-refractivity contribution in [1.29, 1.82) is 0 Å². The van der Waals surface area contributed by atoms with Gasteiger partial charge in [-0.2, -0.15) is 14.9 Å². The Morgan fingerprint density at radius 3 is 2.79 bits per heavy atom. The fourth-order valence-corrected chi connectivity index (χ4v) is 3.77. The lowest BCUT2D eigenvalue weighted by Crippen LogP contribution is -2.50. The van der Waals surface area contributed by atoms with Crippen molar-refractivity contribution in [2.75, 3.05) is 33.2 Å². The zero-order chi connectivity index (χ0) is 16.7. The Kier molecular flexibility index (Phi) is 4.15. The molecule has 2 aromatic heterocycles. The molecule has 2 aliphatic rings. The summed E-state index contributed by atoms with van der Waals surface area (Å²) in [5, 5.41) is 23.5. The number of nitrogens with zero attached hydrogens (tertiary/aromatic N) is 6. The van der Waals surface area contributed by atoms with Crippen LogP contribution in [0.2, 0.25) is 5.02 Å². The number of hydrogen-bond acceptors (Lipinski definition) is 6. The van der Waals surface area contributed by atoms with E-state index in [1.165, 1.54) is 10.9 Å². The third kappa shape index (κ3) is 2.87. The first-order valence-corrected chi connectivity index (χ1v) is 8.70. The van der Waals surface area contributed by atoms with Crippen molar-refractivity contribution in [2.45, 2.75) is 25.3 Å². The Bertz CT molecular complexity index is 740. The Morgan fingerprint density at radius 2 is 2.04 bits per heavy atom. The summed E-state index contributed by atoms with van der Waals surface area (Å²) in [6.45, 7) is 4.38. The van der Waals surface area contributed by atoms with Crippen LogP contribution in [0, 0.1) is 0 Å². The van der Waals surface area contributed by atoms with Crippen LogP contribution in [0.1, 0.15) is 17.7 Å². The standard InChI is InChI=1S/C16H21ClN6O/c1-21-4-6-22(7-5-21)12-2-3-14-13(9-12)16(24)23(20-14)15-8-11(17)10-18-19-15/h8,10,12,24H,2-7,9H2,1H3. The predicted octanol–water partition coefficient (Wildman–Crippen LogP) is 1.13. The minimum Gasteiger partial charge on any atom is -0.493 e. The summed E-state index contributed by atoms with van der Waals surface area (Å²) < 4.78 is 1.45. The van der Waals surface area contributed by atoms with Gasteiger partial charge in [-0.05, 0) is 26.3 Å². The largest absolute Gasteiger partial charge is 0.493 e. The van der Waals surface area contributed by atoms with Crippen molar-refractivity contribution < 1.29 is 5.11 Å². The third-order valence-corrected chi connectivity index (χ3v) is 5.28. The number of halogens is 1. The molecular formula is C16H21ClN6O. The van der Waals surface area contributed by atoms with Gasteiger partial charge < -0.3 is 10.0 Å². The first kappa shape index (κ1) is 15.8. The maximum Gasteiger partial charge on any atom is 0.219 e. The smallest absolute Gasteiger partial charge is 0.219 e. The third-order valence-electron chi connectivity index (χ3n) is 5.07. The quantitative estimate of drug-likeness (QED) is 0.877. The minimum absolute atomic E-state index is 0.167. The highest BCUT2D eigenvalue weighted by Gasteiger charge is 2.31. The number of aromatic nitrogens is 4. The molecule has 1 saturated heterocycles. The molecule has 1 aliphatic heterocycles. The van der Waals surface area contributed by atoms with Crippen LogP contribution in [-0.2, 0) is 12.8 Å². The summed E-state index contributed by atoms with van der Waals surface area (Å²) in [6.07, 6.45) is 4.25. The van der Waals surface area contributed by atoms with Crippen LogP contribution in [0.25, 0.3) is 5.82 Å². The molecule has 0 saturated carbocycles. The van der Waals surface area contributed by atoms with E-state index in [9.17, 15) is 5.11 Å². The normalized spacial score (nSPS) is 22.5. The van der Waals surface area contributed by atoms with Crippen molar-refractivity contribution >= 4 is 11.6 Å². The van der Waals surface area contributed by atoms with E-state index in [2.05, 4.69) is 32.1 Å². The average Bonchev–Trinajstić information content (AvgIpc) is 2.92. The molecule has 1 aliphatic carbocycles. The van der Waals surface area contributed by atoms with Crippen LogP contribution in [0.4, 0.5) is 0 Å². The molecule has 0 spiro atoms. The van der Waals surface area contributed by atoms with Crippen LogP contribution in [0.15, 0.2) is 12.3 Å². The van der Waals surface area contributed by atoms with Crippen molar-refractivity contribution in [1.82, 2.24) is 29.8 Å². The molecule has 24 heavy (non-hydrogen) atoms. The van der Waals surface area contributed by atoms with Crippen molar-refractivity contribution in [3.05, 3.63) is 28.5 Å². The minimum atomic E-state index is 0.167. The molecule has 1 fully saturated rings. The zero-order valence-electron chi connectivity index (χ0n) is 13.7. The van der Waals surface area contributed by atoms with Crippen LogP contribution in [0.5, 0.6) is 5.88 Å². The highest BCUT2D eigenvalue weighted by molar-refractivity contribution is 6.30. The van der Waals surface area contributed by atoms with Crippen molar-refractivity contribution in [3.8, 4) is 11.7 Å². The van der Waals surface area contributed by atoms with Gasteiger partial charge in [-0.1, -0.05) is 11.6 Å². The molecule has 7 nitrogen and oxygen atoms in total. The van der Waals surface area contributed by atoms with E-state index in [0.717, 1.165) is 56.7 Å². The van der Waals surface area contributed by atoms with Crippen LogP contribution >= 0.6 is 11.6 Å². The van der Waals surface area contributed by atoms with Gasteiger partial charge in [0.25, 0.3) is 0 Å². The van der Waals surface area contributed by atoms with E-state index in [1.807, 2.05) is 0 Å². The highest BCUT2D eigenvalue weighted by Crippen LogP contribution is 2.32. The molecule has 8 heteroatoms. The highest BCUT2D eigenvalue weighted by atomic mass is 35.5. The number of rotatable bonds is 2. The average molecular weight is 349 g/mol. The Morgan fingerprint density at radius 1 is 1.25 bits per heavy atom. The summed E-state index contributed by atoms with van der Waals surface area (Å²) in [6, 6.07) is 2.13. The van der Waals surface area contributed by atoms with Crippen LogP contribution < -0.4 is 0 Å². The fraction of sp³-hybridized carbons (Fsp3) is 0.562. The second-order valence-electron chi connectivity index (χ2n) is 6.63. The summed E-state index contributed by atoms with van der Waals surface area (Å²) >= 11 is 5.97. The molecule has 128 valence electrons. The molecule has 1 N–H and O–H groups in total. The van der Waals surface area contributed by atoms with Crippen molar-refractivity contribution in [3.63, 3.8) is 0 Å². The lowest BCUT2D eigenvalue weighted by molar-refractivity contribution is 0.103. The molecule has 1 unspecified atom stereocenters. The molecule has 1 atom stereocenters. The number of likely N-dealkylation sites (N-methyl/N-ethyl adjacent to an activating group) is 1. The van der Waals surface area contributed by atoms with E-state index in [4.69, 9.17) is 11.6 Å². The molecular weight excluding hydrogens is 328 g/mol. The first-order valence-electron chi connectivity index (χ1n) is 8.33. The lowest BCUT2D eigenvalue weighted by atomic mass is 9.91. The fourth-order valence-electron chi connectivity index (χ4n) is 3.63.